The van der Waals surface area contributed by atoms with Gasteiger partial charge in [-0.3, -0.25) is 4.79 Å². The van der Waals surface area contributed by atoms with Gasteiger partial charge < -0.3 is 10.2 Å². The first-order valence-electron chi connectivity index (χ1n) is 8.37. The highest BCUT2D eigenvalue weighted by Crippen LogP contribution is 2.38. The Balaban J connectivity index is 2.76. The Hall–Kier alpha value is -2.81. The van der Waals surface area contributed by atoms with E-state index in [0.717, 1.165) is 16.7 Å². The summed E-state index contributed by atoms with van der Waals surface area (Å²) in [6.07, 6.45) is 5.04. The fourth-order valence-electron chi connectivity index (χ4n) is 3.14. The van der Waals surface area contributed by atoms with Crippen LogP contribution in [0.25, 0.3) is 11.1 Å². The van der Waals surface area contributed by atoms with Crippen molar-refractivity contribution in [3.8, 4) is 22.6 Å². The Morgan fingerprint density at radius 1 is 1.08 bits per heavy atom. The second-order valence-corrected chi connectivity index (χ2v) is 6.02. The zero-order chi connectivity index (χ0) is 18.6. The van der Waals surface area contributed by atoms with Crippen molar-refractivity contribution in [1.29, 1.82) is 0 Å². The van der Waals surface area contributed by atoms with E-state index in [1.165, 1.54) is 6.92 Å². The molecular weight excluding hydrogens is 312 g/mol. The van der Waals surface area contributed by atoms with Crippen LogP contribution >= 0.6 is 0 Å². The largest absolute Gasteiger partial charge is 0.508 e. The first-order valence-corrected chi connectivity index (χ1v) is 8.37. The van der Waals surface area contributed by atoms with Gasteiger partial charge in [-0.05, 0) is 61.1 Å². The summed E-state index contributed by atoms with van der Waals surface area (Å²) in [5.41, 5.74) is 4.27. The van der Waals surface area contributed by atoms with Crippen molar-refractivity contribution in [3.63, 3.8) is 0 Å². The minimum absolute atomic E-state index is 0.0615. The molecular formula is C22H24O3. The predicted molar refractivity (Wildman–Crippen MR) is 102 cm³/mol. The first-order chi connectivity index (χ1) is 11.9. The zero-order valence-electron chi connectivity index (χ0n) is 14.8. The molecule has 130 valence electrons. The Morgan fingerprint density at radius 2 is 1.76 bits per heavy atom. The fourth-order valence-corrected chi connectivity index (χ4v) is 3.14. The van der Waals surface area contributed by atoms with Gasteiger partial charge in [0.15, 0.2) is 5.78 Å². The van der Waals surface area contributed by atoms with Crippen LogP contribution in [0.5, 0.6) is 11.5 Å². The SMILES string of the molecule is C=CCc1cc(-c2cc(CC)c(C(C)=O)c(CC=C)c2O)ccc1O. The zero-order valence-corrected chi connectivity index (χ0v) is 14.8. The lowest BCUT2D eigenvalue weighted by Crippen LogP contribution is -2.06. The third-order valence-corrected chi connectivity index (χ3v) is 4.32. The molecule has 0 amide bonds. The maximum absolute atomic E-state index is 12.1. The molecule has 0 atom stereocenters. The molecule has 0 aliphatic heterocycles. The summed E-state index contributed by atoms with van der Waals surface area (Å²) in [5.74, 6) is 0.233. The number of phenols is 2. The van der Waals surface area contributed by atoms with Gasteiger partial charge >= 0.3 is 0 Å². The molecule has 0 aliphatic carbocycles. The van der Waals surface area contributed by atoms with Crippen molar-refractivity contribution in [2.45, 2.75) is 33.1 Å². The number of aromatic hydroxyl groups is 2. The number of aryl methyl sites for hydroxylation is 1. The van der Waals surface area contributed by atoms with Crippen LogP contribution in [-0.2, 0) is 19.3 Å². The molecule has 2 rings (SSSR count). The Morgan fingerprint density at radius 3 is 2.32 bits per heavy atom. The van der Waals surface area contributed by atoms with E-state index in [4.69, 9.17) is 0 Å². The van der Waals surface area contributed by atoms with Crippen molar-refractivity contribution < 1.29 is 15.0 Å². The van der Waals surface area contributed by atoms with Crippen molar-refractivity contribution in [2.75, 3.05) is 0 Å². The van der Waals surface area contributed by atoms with Crippen LogP contribution in [-0.4, -0.2) is 16.0 Å². The maximum Gasteiger partial charge on any atom is 0.160 e. The standard InChI is InChI=1S/C22H24O3/c1-5-8-17-12-16(10-11-20(17)24)19-13-15(7-3)21(14(4)23)18(9-6-2)22(19)25/h5-6,10-13,24-25H,1-2,7-9H2,3-4H3. The van der Waals surface area contributed by atoms with Crippen molar-refractivity contribution in [3.05, 3.63) is 71.8 Å². The smallest absolute Gasteiger partial charge is 0.160 e. The molecule has 0 radical (unpaired) electrons. The summed E-state index contributed by atoms with van der Waals surface area (Å²) >= 11 is 0. The number of carbonyl (C=O) groups excluding carboxylic acids is 1. The van der Waals surface area contributed by atoms with Gasteiger partial charge in [0.25, 0.3) is 0 Å². The molecule has 25 heavy (non-hydrogen) atoms. The molecule has 0 unspecified atom stereocenters. The highest BCUT2D eigenvalue weighted by Gasteiger charge is 2.20. The molecule has 0 spiro atoms. The lowest BCUT2D eigenvalue weighted by molar-refractivity contribution is 0.101. The second-order valence-electron chi connectivity index (χ2n) is 6.02. The quantitative estimate of drug-likeness (QED) is 0.553. The third-order valence-electron chi connectivity index (χ3n) is 4.32. The topological polar surface area (TPSA) is 57.5 Å². The summed E-state index contributed by atoms with van der Waals surface area (Å²) in [6.45, 7) is 10.9. The van der Waals surface area contributed by atoms with Gasteiger partial charge in [0.05, 0.1) is 0 Å². The molecule has 0 saturated heterocycles. The van der Waals surface area contributed by atoms with E-state index in [1.807, 2.05) is 19.1 Å². The lowest BCUT2D eigenvalue weighted by Gasteiger charge is -2.17. The minimum Gasteiger partial charge on any atom is -0.508 e. The van der Waals surface area contributed by atoms with Gasteiger partial charge in [0, 0.05) is 16.7 Å². The highest BCUT2D eigenvalue weighted by atomic mass is 16.3. The molecule has 0 fully saturated rings. The molecule has 3 nitrogen and oxygen atoms in total. The number of phenolic OH excluding ortho intramolecular Hbond substituents is 2. The Bertz CT molecular complexity index is 832. The number of hydrogen-bond acceptors (Lipinski definition) is 3. The minimum atomic E-state index is -0.0615. The van der Waals surface area contributed by atoms with E-state index in [0.29, 0.717) is 36.0 Å². The molecule has 2 N–H and O–H groups in total. The fraction of sp³-hybridized carbons (Fsp3) is 0.227. The summed E-state index contributed by atoms with van der Waals surface area (Å²) in [6, 6.07) is 7.09. The second kappa shape index (κ2) is 7.84. The van der Waals surface area contributed by atoms with Crippen LogP contribution in [0.4, 0.5) is 0 Å². The number of carbonyl (C=O) groups is 1. The van der Waals surface area contributed by atoms with Crippen molar-refractivity contribution >= 4 is 5.78 Å². The van der Waals surface area contributed by atoms with Crippen LogP contribution in [0.15, 0.2) is 49.6 Å². The molecule has 0 saturated carbocycles. The Kier molecular flexibility index (Phi) is 5.81. The van der Waals surface area contributed by atoms with Gasteiger partial charge in [-0.1, -0.05) is 25.1 Å². The molecule has 3 heteroatoms. The number of allylic oxidation sites excluding steroid dienone is 2. The van der Waals surface area contributed by atoms with Gasteiger partial charge in [0.1, 0.15) is 11.5 Å². The average molecular weight is 336 g/mol. The van der Waals surface area contributed by atoms with E-state index < -0.39 is 0 Å². The Labute approximate surface area is 149 Å². The lowest BCUT2D eigenvalue weighted by atomic mass is 9.88. The van der Waals surface area contributed by atoms with E-state index >= 15 is 0 Å². The van der Waals surface area contributed by atoms with Gasteiger partial charge in [-0.25, -0.2) is 0 Å². The maximum atomic E-state index is 12.1. The van der Waals surface area contributed by atoms with Crippen molar-refractivity contribution in [2.24, 2.45) is 0 Å². The van der Waals surface area contributed by atoms with Crippen LogP contribution in [0.1, 0.15) is 40.9 Å². The number of Topliss-reactive ketones (excluding diaryl/α,β-unsaturated/α-hetero) is 1. The predicted octanol–water partition coefficient (Wildman–Crippen LogP) is 4.99. The van der Waals surface area contributed by atoms with E-state index in [-0.39, 0.29) is 17.3 Å². The molecule has 2 aromatic carbocycles. The summed E-state index contributed by atoms with van der Waals surface area (Å²) in [7, 11) is 0. The highest BCUT2D eigenvalue weighted by molar-refractivity contribution is 5.99. The van der Waals surface area contributed by atoms with E-state index in [1.54, 1.807) is 24.3 Å². The van der Waals surface area contributed by atoms with Crippen LogP contribution in [0.2, 0.25) is 0 Å². The summed E-state index contributed by atoms with van der Waals surface area (Å²) in [5, 5.41) is 20.8. The number of rotatable bonds is 7. The van der Waals surface area contributed by atoms with Gasteiger partial charge in [-0.2, -0.15) is 0 Å². The van der Waals surface area contributed by atoms with E-state index in [2.05, 4.69) is 13.2 Å². The molecule has 0 aliphatic rings. The summed E-state index contributed by atoms with van der Waals surface area (Å²) < 4.78 is 0. The molecule has 0 aromatic heterocycles. The van der Waals surface area contributed by atoms with Gasteiger partial charge in [0.2, 0.25) is 0 Å². The number of ketones is 1. The van der Waals surface area contributed by atoms with Crippen LogP contribution in [0.3, 0.4) is 0 Å². The van der Waals surface area contributed by atoms with E-state index in [9.17, 15) is 15.0 Å². The van der Waals surface area contributed by atoms with Gasteiger partial charge in [-0.15, -0.1) is 13.2 Å². The normalized spacial score (nSPS) is 10.5. The summed E-state index contributed by atoms with van der Waals surface area (Å²) in [4.78, 5) is 12.1. The number of hydrogen-bond donors (Lipinski definition) is 2. The monoisotopic (exact) mass is 336 g/mol. The third kappa shape index (κ3) is 3.66. The molecule has 0 bridgehead atoms. The van der Waals surface area contributed by atoms with Crippen LogP contribution in [0, 0.1) is 0 Å². The average Bonchev–Trinajstić information content (AvgIpc) is 2.58. The number of benzene rings is 2. The molecule has 0 heterocycles. The van der Waals surface area contributed by atoms with Crippen molar-refractivity contribution in [1.82, 2.24) is 0 Å². The van der Waals surface area contributed by atoms with Crippen LogP contribution < -0.4 is 0 Å². The first kappa shape index (κ1) is 18.5. The molecule has 2 aromatic rings.